The fraction of sp³-hybridized carbons (Fsp3) is 0.400. The van der Waals surface area contributed by atoms with Crippen LogP contribution in [0.2, 0.25) is 10.0 Å². The van der Waals surface area contributed by atoms with Gasteiger partial charge in [0.25, 0.3) is 5.56 Å². The first-order valence-electron chi connectivity index (χ1n) is 9.76. The van der Waals surface area contributed by atoms with Crippen molar-refractivity contribution in [2.75, 3.05) is 28.6 Å². The summed E-state index contributed by atoms with van der Waals surface area (Å²) in [5, 5.41) is 6.04. The van der Waals surface area contributed by atoms with Gasteiger partial charge >= 0.3 is 0 Å². The van der Waals surface area contributed by atoms with E-state index in [9.17, 15) is 14.4 Å². The number of carbonyl (C=O) groups is 2. The van der Waals surface area contributed by atoms with E-state index in [1.807, 2.05) is 4.90 Å². The zero-order valence-electron chi connectivity index (χ0n) is 16.3. The number of carbonyl (C=O) groups excluding carboxylic acids is 2. The van der Waals surface area contributed by atoms with Gasteiger partial charge in [0, 0.05) is 35.2 Å². The van der Waals surface area contributed by atoms with Gasteiger partial charge < -0.3 is 15.5 Å². The van der Waals surface area contributed by atoms with Crippen molar-refractivity contribution < 1.29 is 9.59 Å². The molecule has 1 aromatic carbocycles. The molecule has 2 amide bonds. The number of aromatic amines is 1. The molecule has 0 spiro atoms. The van der Waals surface area contributed by atoms with E-state index in [4.69, 9.17) is 23.2 Å². The van der Waals surface area contributed by atoms with E-state index in [0.717, 1.165) is 25.9 Å². The zero-order valence-corrected chi connectivity index (χ0v) is 17.8. The SMILES string of the molecule is CC1CCN(c2nc3c(c(=O)[nH]2)C(C(=O)Nc2cc(Cl)cc(Cl)c2)CC(=O)N3)CC1. The number of rotatable bonds is 3. The van der Waals surface area contributed by atoms with Crippen LogP contribution in [0.15, 0.2) is 23.0 Å². The van der Waals surface area contributed by atoms with Crippen LogP contribution < -0.4 is 21.1 Å². The summed E-state index contributed by atoms with van der Waals surface area (Å²) in [7, 11) is 0. The van der Waals surface area contributed by atoms with Crippen LogP contribution in [-0.2, 0) is 9.59 Å². The highest BCUT2D eigenvalue weighted by molar-refractivity contribution is 6.35. The van der Waals surface area contributed by atoms with Gasteiger partial charge in [-0.15, -0.1) is 0 Å². The Bertz CT molecular complexity index is 1040. The molecule has 0 saturated carbocycles. The third-order valence-corrected chi connectivity index (χ3v) is 5.90. The second kappa shape index (κ2) is 8.28. The van der Waals surface area contributed by atoms with Gasteiger partial charge in [-0.3, -0.25) is 19.4 Å². The first-order valence-corrected chi connectivity index (χ1v) is 10.5. The summed E-state index contributed by atoms with van der Waals surface area (Å²) in [6.07, 6.45) is 1.85. The maximum Gasteiger partial charge on any atom is 0.258 e. The van der Waals surface area contributed by atoms with E-state index in [0.29, 0.717) is 27.6 Å². The highest BCUT2D eigenvalue weighted by atomic mass is 35.5. The van der Waals surface area contributed by atoms with Crippen LogP contribution in [0.3, 0.4) is 0 Å². The number of nitrogens with zero attached hydrogens (tertiary/aromatic N) is 2. The molecular formula is C20H21Cl2N5O3. The van der Waals surface area contributed by atoms with Crippen LogP contribution in [0.5, 0.6) is 0 Å². The van der Waals surface area contributed by atoms with Crippen molar-refractivity contribution in [3.05, 3.63) is 44.2 Å². The molecule has 2 aliphatic rings. The molecule has 0 radical (unpaired) electrons. The number of anilines is 3. The third kappa shape index (κ3) is 4.29. The minimum absolute atomic E-state index is 0.132. The van der Waals surface area contributed by atoms with Gasteiger partial charge in [0.2, 0.25) is 17.8 Å². The second-order valence-corrected chi connectivity index (χ2v) is 8.65. The molecule has 158 valence electrons. The fourth-order valence-electron chi connectivity index (χ4n) is 3.81. The molecule has 3 heterocycles. The predicted octanol–water partition coefficient (Wildman–Crippen LogP) is 3.38. The lowest BCUT2D eigenvalue weighted by Gasteiger charge is -2.31. The van der Waals surface area contributed by atoms with E-state index in [1.165, 1.54) is 12.1 Å². The minimum Gasteiger partial charge on any atom is -0.342 e. The van der Waals surface area contributed by atoms with Gasteiger partial charge in [-0.2, -0.15) is 4.98 Å². The van der Waals surface area contributed by atoms with E-state index in [-0.39, 0.29) is 23.7 Å². The molecule has 4 rings (SSSR count). The number of piperidine rings is 1. The van der Waals surface area contributed by atoms with E-state index in [2.05, 4.69) is 27.5 Å². The number of hydrogen-bond acceptors (Lipinski definition) is 5. The maximum absolute atomic E-state index is 12.9. The monoisotopic (exact) mass is 449 g/mol. The topological polar surface area (TPSA) is 107 Å². The molecule has 1 atom stereocenters. The highest BCUT2D eigenvalue weighted by Gasteiger charge is 2.35. The van der Waals surface area contributed by atoms with Crippen LogP contribution in [-0.4, -0.2) is 34.9 Å². The lowest BCUT2D eigenvalue weighted by atomic mass is 9.92. The van der Waals surface area contributed by atoms with Gasteiger partial charge in [0.15, 0.2) is 0 Å². The average Bonchev–Trinajstić information content (AvgIpc) is 2.66. The molecule has 1 fully saturated rings. The summed E-state index contributed by atoms with van der Waals surface area (Å²) in [6, 6.07) is 4.62. The molecule has 2 aliphatic heterocycles. The average molecular weight is 450 g/mol. The number of nitrogens with one attached hydrogen (secondary N) is 3. The van der Waals surface area contributed by atoms with Crippen LogP contribution in [0.25, 0.3) is 0 Å². The van der Waals surface area contributed by atoms with Crippen molar-refractivity contribution in [2.24, 2.45) is 5.92 Å². The van der Waals surface area contributed by atoms with Crippen molar-refractivity contribution in [2.45, 2.75) is 32.1 Å². The van der Waals surface area contributed by atoms with Gasteiger partial charge in [-0.1, -0.05) is 30.1 Å². The molecule has 1 saturated heterocycles. The van der Waals surface area contributed by atoms with Crippen molar-refractivity contribution in [1.82, 2.24) is 9.97 Å². The maximum atomic E-state index is 12.9. The van der Waals surface area contributed by atoms with Crippen molar-refractivity contribution in [3.63, 3.8) is 0 Å². The number of hydrogen-bond donors (Lipinski definition) is 3. The number of fused-ring (bicyclic) bond motifs is 1. The van der Waals surface area contributed by atoms with Crippen LogP contribution in [0, 0.1) is 5.92 Å². The zero-order chi connectivity index (χ0) is 21.4. The lowest BCUT2D eigenvalue weighted by molar-refractivity contribution is -0.123. The van der Waals surface area contributed by atoms with Gasteiger partial charge in [0.1, 0.15) is 5.82 Å². The molecule has 1 aromatic heterocycles. The van der Waals surface area contributed by atoms with Gasteiger partial charge in [0.05, 0.1) is 11.5 Å². The summed E-state index contributed by atoms with van der Waals surface area (Å²) in [6.45, 7) is 3.74. The summed E-state index contributed by atoms with van der Waals surface area (Å²) in [5.74, 6) is -0.683. The highest BCUT2D eigenvalue weighted by Crippen LogP contribution is 2.31. The molecule has 1 unspecified atom stereocenters. The van der Waals surface area contributed by atoms with Crippen LogP contribution in [0.1, 0.15) is 37.7 Å². The normalized spacial score (nSPS) is 19.2. The first-order chi connectivity index (χ1) is 14.3. The van der Waals surface area contributed by atoms with Crippen molar-refractivity contribution in [1.29, 1.82) is 0 Å². The lowest BCUT2D eigenvalue weighted by Crippen LogP contribution is -2.39. The second-order valence-electron chi connectivity index (χ2n) is 7.77. The molecule has 0 aliphatic carbocycles. The summed E-state index contributed by atoms with van der Waals surface area (Å²) >= 11 is 12.0. The van der Waals surface area contributed by atoms with E-state index >= 15 is 0 Å². The Hall–Kier alpha value is -2.58. The summed E-state index contributed by atoms with van der Waals surface area (Å²) < 4.78 is 0. The Morgan fingerprint density at radius 1 is 1.17 bits per heavy atom. The van der Waals surface area contributed by atoms with Crippen LogP contribution in [0.4, 0.5) is 17.5 Å². The number of aromatic nitrogens is 2. The van der Waals surface area contributed by atoms with Crippen LogP contribution >= 0.6 is 23.2 Å². The van der Waals surface area contributed by atoms with Gasteiger partial charge in [-0.25, -0.2) is 0 Å². The Balaban J connectivity index is 1.63. The van der Waals surface area contributed by atoms with Crippen molar-refractivity contribution >= 4 is 52.5 Å². The number of H-pyrrole nitrogens is 1. The number of benzene rings is 1. The smallest absolute Gasteiger partial charge is 0.258 e. The van der Waals surface area contributed by atoms with Crippen molar-refractivity contribution in [3.8, 4) is 0 Å². The predicted molar refractivity (Wildman–Crippen MR) is 117 cm³/mol. The third-order valence-electron chi connectivity index (χ3n) is 5.47. The Morgan fingerprint density at radius 2 is 1.83 bits per heavy atom. The number of halogens is 2. The Labute approximate surface area is 183 Å². The first kappa shape index (κ1) is 20.7. The Morgan fingerprint density at radius 3 is 2.50 bits per heavy atom. The molecule has 8 nitrogen and oxygen atoms in total. The summed E-state index contributed by atoms with van der Waals surface area (Å²) in [4.78, 5) is 47.3. The Kier molecular flexibility index (Phi) is 5.71. The largest absolute Gasteiger partial charge is 0.342 e. The molecule has 10 heteroatoms. The molecule has 30 heavy (non-hydrogen) atoms. The van der Waals surface area contributed by atoms with E-state index < -0.39 is 17.4 Å². The van der Waals surface area contributed by atoms with Gasteiger partial charge in [-0.05, 0) is 37.0 Å². The standard InChI is InChI=1S/C20H21Cl2N5O3/c1-10-2-4-27(5-3-10)20-25-17-16(19(30)26-20)14(9-15(28)24-17)18(29)23-13-7-11(21)6-12(22)8-13/h6-8,10,14H,2-5,9H2,1H3,(H,23,29)(H2,24,25,26,28,30). The molecule has 0 bridgehead atoms. The minimum atomic E-state index is -0.974. The van der Waals surface area contributed by atoms with E-state index in [1.54, 1.807) is 6.07 Å². The fourth-order valence-corrected chi connectivity index (χ4v) is 4.33. The summed E-state index contributed by atoms with van der Waals surface area (Å²) in [5.41, 5.74) is 0.0979. The molecule has 3 N–H and O–H groups in total. The quantitative estimate of drug-likeness (QED) is 0.665. The molecular weight excluding hydrogens is 429 g/mol. The number of amides is 2. The molecule has 2 aromatic rings.